The SMILES string of the molecule is O=C(O)Cc1cc(Cl)cc(-c2c(Cl)cc(Cl)cc2Cl)c1. The topological polar surface area (TPSA) is 37.3 Å². The second kappa shape index (κ2) is 6.23. The number of carboxylic acid groups (broad SMARTS) is 1. The lowest BCUT2D eigenvalue weighted by atomic mass is 10.0. The fourth-order valence-corrected chi connectivity index (χ4v) is 3.18. The highest BCUT2D eigenvalue weighted by Gasteiger charge is 2.13. The predicted octanol–water partition coefficient (Wildman–Crippen LogP) is 5.59. The molecule has 2 nitrogen and oxygen atoms in total. The molecular weight excluding hydrogens is 342 g/mol. The van der Waals surface area contributed by atoms with E-state index in [1.54, 1.807) is 30.3 Å². The van der Waals surface area contributed by atoms with Gasteiger partial charge in [-0.15, -0.1) is 0 Å². The standard InChI is InChI=1S/C14H8Cl4O2/c15-9-2-7(3-13(19)20)1-8(4-9)14-11(17)5-10(16)6-12(14)18/h1-2,4-6H,3H2,(H,19,20). The molecule has 2 aromatic carbocycles. The fraction of sp³-hybridized carbons (Fsp3) is 0.0714. The Balaban J connectivity index is 2.58. The summed E-state index contributed by atoms with van der Waals surface area (Å²) < 4.78 is 0. The Labute approximate surface area is 135 Å². The minimum absolute atomic E-state index is 0.129. The molecule has 0 fully saturated rings. The van der Waals surface area contributed by atoms with Crippen LogP contribution in [0.25, 0.3) is 11.1 Å². The van der Waals surface area contributed by atoms with Gasteiger partial charge in [0, 0.05) is 15.6 Å². The van der Waals surface area contributed by atoms with Gasteiger partial charge in [-0.2, -0.15) is 0 Å². The maximum Gasteiger partial charge on any atom is 0.307 e. The molecule has 6 heteroatoms. The molecule has 0 unspecified atom stereocenters. The van der Waals surface area contributed by atoms with E-state index in [0.717, 1.165) is 0 Å². The van der Waals surface area contributed by atoms with Gasteiger partial charge in [0.05, 0.1) is 16.5 Å². The second-order valence-corrected chi connectivity index (χ2v) is 5.85. The third-order valence-electron chi connectivity index (χ3n) is 2.61. The van der Waals surface area contributed by atoms with Crippen molar-refractivity contribution in [2.24, 2.45) is 0 Å². The monoisotopic (exact) mass is 348 g/mol. The van der Waals surface area contributed by atoms with Crippen LogP contribution in [0.3, 0.4) is 0 Å². The zero-order valence-electron chi connectivity index (χ0n) is 9.96. The van der Waals surface area contributed by atoms with Crippen molar-refractivity contribution in [2.75, 3.05) is 0 Å². The van der Waals surface area contributed by atoms with E-state index < -0.39 is 5.97 Å². The van der Waals surface area contributed by atoms with E-state index in [1.165, 1.54) is 0 Å². The van der Waals surface area contributed by atoms with E-state index in [-0.39, 0.29) is 6.42 Å². The van der Waals surface area contributed by atoms with E-state index in [4.69, 9.17) is 51.5 Å². The predicted molar refractivity (Wildman–Crippen MR) is 83.3 cm³/mol. The van der Waals surface area contributed by atoms with Crippen molar-refractivity contribution < 1.29 is 9.90 Å². The summed E-state index contributed by atoms with van der Waals surface area (Å²) in [6, 6.07) is 8.11. The average molecular weight is 350 g/mol. The minimum Gasteiger partial charge on any atom is -0.481 e. The molecule has 0 heterocycles. The van der Waals surface area contributed by atoms with Gasteiger partial charge < -0.3 is 5.11 Å². The highest BCUT2D eigenvalue weighted by molar-refractivity contribution is 6.42. The van der Waals surface area contributed by atoms with Gasteiger partial charge in [0.2, 0.25) is 0 Å². The number of rotatable bonds is 3. The van der Waals surface area contributed by atoms with Crippen molar-refractivity contribution in [3.8, 4) is 11.1 Å². The van der Waals surface area contributed by atoms with E-state index >= 15 is 0 Å². The first-order chi connectivity index (χ1) is 9.36. The highest BCUT2D eigenvalue weighted by Crippen LogP contribution is 2.38. The molecule has 0 aliphatic carbocycles. The van der Waals surface area contributed by atoms with Crippen LogP contribution in [0.15, 0.2) is 30.3 Å². The molecule has 0 saturated heterocycles. The molecule has 0 aliphatic rings. The molecular formula is C14H8Cl4O2. The van der Waals surface area contributed by atoms with Crippen LogP contribution < -0.4 is 0 Å². The number of carboxylic acids is 1. The Morgan fingerprint density at radius 3 is 2.00 bits per heavy atom. The van der Waals surface area contributed by atoms with Crippen LogP contribution in [-0.2, 0) is 11.2 Å². The zero-order valence-corrected chi connectivity index (χ0v) is 13.0. The van der Waals surface area contributed by atoms with Crippen LogP contribution >= 0.6 is 46.4 Å². The molecule has 0 bridgehead atoms. The van der Waals surface area contributed by atoms with Crippen molar-refractivity contribution in [1.29, 1.82) is 0 Å². The molecule has 2 rings (SSSR count). The van der Waals surface area contributed by atoms with Crippen LogP contribution in [0.2, 0.25) is 20.1 Å². The van der Waals surface area contributed by atoms with Gasteiger partial charge in [-0.25, -0.2) is 0 Å². The maximum atomic E-state index is 10.8. The van der Waals surface area contributed by atoms with Gasteiger partial charge in [0.1, 0.15) is 0 Å². The van der Waals surface area contributed by atoms with Gasteiger partial charge in [0.25, 0.3) is 0 Å². The van der Waals surface area contributed by atoms with Gasteiger partial charge in [0.15, 0.2) is 0 Å². The largest absolute Gasteiger partial charge is 0.481 e. The van der Waals surface area contributed by atoms with Gasteiger partial charge >= 0.3 is 5.97 Å². The van der Waals surface area contributed by atoms with Crippen molar-refractivity contribution >= 4 is 52.4 Å². The molecule has 0 aromatic heterocycles. The molecule has 0 atom stereocenters. The maximum absolute atomic E-state index is 10.8. The number of benzene rings is 2. The van der Waals surface area contributed by atoms with Crippen molar-refractivity contribution in [1.82, 2.24) is 0 Å². The summed E-state index contributed by atoms with van der Waals surface area (Å²) in [4.78, 5) is 10.8. The van der Waals surface area contributed by atoms with Crippen LogP contribution in [0.4, 0.5) is 0 Å². The molecule has 104 valence electrons. The molecule has 0 amide bonds. The number of aliphatic carboxylic acids is 1. The summed E-state index contributed by atoms with van der Waals surface area (Å²) in [5, 5.41) is 10.5. The first kappa shape index (κ1) is 15.5. The number of hydrogen-bond acceptors (Lipinski definition) is 1. The molecule has 0 saturated carbocycles. The molecule has 20 heavy (non-hydrogen) atoms. The van der Waals surface area contributed by atoms with Crippen LogP contribution in [0, 0.1) is 0 Å². The highest BCUT2D eigenvalue weighted by atomic mass is 35.5. The second-order valence-electron chi connectivity index (χ2n) is 4.16. The molecule has 2 aromatic rings. The Morgan fingerprint density at radius 2 is 1.45 bits per heavy atom. The quantitative estimate of drug-likeness (QED) is 0.783. The summed E-state index contributed by atoms with van der Waals surface area (Å²) in [6.45, 7) is 0. The average Bonchev–Trinajstić information content (AvgIpc) is 2.25. The summed E-state index contributed by atoms with van der Waals surface area (Å²) in [7, 11) is 0. The summed E-state index contributed by atoms with van der Waals surface area (Å²) in [5.74, 6) is -0.938. The number of carbonyl (C=O) groups is 1. The van der Waals surface area contributed by atoms with Crippen LogP contribution in [-0.4, -0.2) is 11.1 Å². The fourth-order valence-electron chi connectivity index (χ4n) is 1.89. The molecule has 0 radical (unpaired) electrons. The van der Waals surface area contributed by atoms with E-state index in [0.29, 0.717) is 36.8 Å². The first-order valence-corrected chi connectivity index (χ1v) is 7.04. The van der Waals surface area contributed by atoms with Crippen LogP contribution in [0.1, 0.15) is 5.56 Å². The van der Waals surface area contributed by atoms with Crippen molar-refractivity contribution in [3.63, 3.8) is 0 Å². The van der Waals surface area contributed by atoms with Crippen molar-refractivity contribution in [3.05, 3.63) is 56.0 Å². The Morgan fingerprint density at radius 1 is 0.900 bits per heavy atom. The lowest BCUT2D eigenvalue weighted by Crippen LogP contribution is -2.00. The Kier molecular flexibility index (Phi) is 4.82. The Bertz CT molecular complexity index is 660. The third kappa shape index (κ3) is 3.58. The molecule has 1 N–H and O–H groups in total. The first-order valence-electron chi connectivity index (χ1n) is 5.53. The summed E-state index contributed by atoms with van der Waals surface area (Å²) in [5.41, 5.74) is 1.80. The van der Waals surface area contributed by atoms with Gasteiger partial charge in [-0.3, -0.25) is 4.79 Å². The normalized spacial score (nSPS) is 10.6. The van der Waals surface area contributed by atoms with E-state index in [9.17, 15) is 4.79 Å². The lowest BCUT2D eigenvalue weighted by molar-refractivity contribution is -0.136. The third-order valence-corrected chi connectivity index (χ3v) is 3.64. The lowest BCUT2D eigenvalue weighted by Gasteiger charge is -2.10. The molecule has 0 aliphatic heterocycles. The van der Waals surface area contributed by atoms with Crippen molar-refractivity contribution in [2.45, 2.75) is 6.42 Å². The van der Waals surface area contributed by atoms with Crippen LogP contribution in [0.5, 0.6) is 0 Å². The number of halogens is 4. The summed E-state index contributed by atoms with van der Waals surface area (Å²) in [6.07, 6.45) is -0.129. The minimum atomic E-state index is -0.938. The van der Waals surface area contributed by atoms with Gasteiger partial charge in [-0.1, -0.05) is 52.5 Å². The molecule has 0 spiro atoms. The number of hydrogen-bond donors (Lipinski definition) is 1. The zero-order chi connectivity index (χ0) is 14.9. The van der Waals surface area contributed by atoms with E-state index in [1.807, 2.05) is 0 Å². The smallest absolute Gasteiger partial charge is 0.307 e. The van der Waals surface area contributed by atoms with Gasteiger partial charge in [-0.05, 0) is 35.4 Å². The summed E-state index contributed by atoms with van der Waals surface area (Å²) >= 11 is 24.2. The van der Waals surface area contributed by atoms with E-state index in [2.05, 4.69) is 0 Å². The Hall–Kier alpha value is -0.930.